The molecule has 0 aliphatic carbocycles. The lowest BCUT2D eigenvalue weighted by Gasteiger charge is -2.32. The molecule has 24 heavy (non-hydrogen) atoms. The average Bonchev–Trinajstić information content (AvgIpc) is 2.72. The second-order valence-electron chi connectivity index (χ2n) is 6.73. The van der Waals surface area contributed by atoms with Crippen LogP contribution in [0.2, 0.25) is 0 Å². The second-order valence-corrected chi connectivity index (χ2v) is 6.73. The van der Waals surface area contributed by atoms with Crippen LogP contribution < -0.4 is 4.74 Å². The first-order chi connectivity index (χ1) is 11.1. The lowest BCUT2D eigenvalue weighted by atomic mass is 9.77. The average molecular weight is 334 g/mol. The predicted molar refractivity (Wildman–Crippen MR) is 91.1 cm³/mol. The van der Waals surface area contributed by atoms with E-state index in [1.807, 2.05) is 27.7 Å². The molecule has 1 saturated heterocycles. The Morgan fingerprint density at radius 2 is 1.83 bits per heavy atom. The van der Waals surface area contributed by atoms with Gasteiger partial charge in [0, 0.05) is 5.56 Å². The van der Waals surface area contributed by atoms with E-state index >= 15 is 0 Å². The quantitative estimate of drug-likeness (QED) is 0.805. The number of aliphatic hydroxyl groups is 1. The van der Waals surface area contributed by atoms with Crippen molar-refractivity contribution >= 4 is 19.2 Å². The number of carboxylic acid groups (broad SMARTS) is 1. The highest BCUT2D eigenvalue weighted by molar-refractivity contribution is 6.55. The van der Waals surface area contributed by atoms with Gasteiger partial charge >= 0.3 is 13.1 Å². The molecular weight excluding hydrogens is 311 g/mol. The van der Waals surface area contributed by atoms with Gasteiger partial charge in [-0.3, -0.25) is 0 Å². The molecule has 7 heteroatoms. The summed E-state index contributed by atoms with van der Waals surface area (Å²) in [5.74, 6) is -0.630. The number of carbonyl (C=O) groups is 1. The summed E-state index contributed by atoms with van der Waals surface area (Å²) in [5.41, 5.74) is 0.285. The maximum absolute atomic E-state index is 11.1. The highest BCUT2D eigenvalue weighted by Crippen LogP contribution is 2.39. The molecule has 0 atom stereocenters. The fraction of sp³-hybridized carbons (Fsp3) is 0.471. The summed E-state index contributed by atoms with van der Waals surface area (Å²) in [6, 6.07) is 4.55. The first kappa shape index (κ1) is 18.5. The Bertz CT molecular complexity index is 649. The topological polar surface area (TPSA) is 85.2 Å². The zero-order valence-electron chi connectivity index (χ0n) is 14.6. The molecule has 0 aromatic heterocycles. The number of rotatable bonds is 5. The number of ether oxygens (including phenoxy) is 1. The molecule has 0 radical (unpaired) electrons. The summed E-state index contributed by atoms with van der Waals surface area (Å²) in [7, 11) is 0.787. The predicted octanol–water partition coefficient (Wildman–Crippen LogP) is 2.40. The van der Waals surface area contributed by atoms with Crippen molar-refractivity contribution < 1.29 is 29.1 Å². The van der Waals surface area contributed by atoms with Crippen molar-refractivity contribution in [2.45, 2.75) is 38.9 Å². The van der Waals surface area contributed by atoms with Crippen molar-refractivity contribution in [3.63, 3.8) is 0 Å². The number of benzene rings is 1. The van der Waals surface area contributed by atoms with E-state index in [-0.39, 0.29) is 12.2 Å². The molecule has 2 rings (SSSR count). The zero-order valence-corrected chi connectivity index (χ0v) is 14.6. The summed E-state index contributed by atoms with van der Waals surface area (Å²) >= 11 is 0. The van der Waals surface area contributed by atoms with Crippen LogP contribution in [-0.2, 0) is 9.31 Å². The molecule has 0 spiro atoms. The van der Waals surface area contributed by atoms with Crippen LogP contribution in [0.15, 0.2) is 23.7 Å². The number of hydrogen-bond donors (Lipinski definition) is 2. The molecule has 0 bridgehead atoms. The largest absolute Gasteiger partial charge is 0.496 e. The highest BCUT2D eigenvalue weighted by Gasteiger charge is 2.52. The fourth-order valence-corrected chi connectivity index (χ4v) is 2.35. The molecule has 1 aliphatic rings. The Morgan fingerprint density at radius 3 is 2.29 bits per heavy atom. The Balaban J connectivity index is 2.37. The van der Waals surface area contributed by atoms with Gasteiger partial charge in [-0.2, -0.15) is 0 Å². The zero-order chi connectivity index (χ0) is 18.1. The third kappa shape index (κ3) is 3.48. The Labute approximate surface area is 142 Å². The van der Waals surface area contributed by atoms with E-state index in [1.165, 1.54) is 19.2 Å². The van der Waals surface area contributed by atoms with Gasteiger partial charge in [0.15, 0.2) is 0 Å². The lowest BCUT2D eigenvalue weighted by molar-refractivity contribution is 0.00578. The molecule has 1 heterocycles. The van der Waals surface area contributed by atoms with Crippen LogP contribution in [0.4, 0.5) is 0 Å². The molecule has 1 fully saturated rings. The molecule has 0 saturated carbocycles. The number of aromatic carboxylic acids is 1. The van der Waals surface area contributed by atoms with Crippen LogP contribution in [0.5, 0.6) is 5.75 Å². The van der Waals surface area contributed by atoms with Crippen LogP contribution in [0.25, 0.3) is 6.08 Å². The standard InChI is InChI=1S/C17H23BO6/c1-16(2)17(3,4)24-18(23-16)13(10-19)8-11-6-7-12(15(20)21)9-14(11)22-5/h6-9,19H,10H2,1-5H3,(H,20,21). The first-order valence-corrected chi connectivity index (χ1v) is 7.69. The van der Waals surface area contributed by atoms with Crippen molar-refractivity contribution in [3.8, 4) is 5.75 Å². The number of hydrogen-bond acceptors (Lipinski definition) is 5. The molecule has 0 amide bonds. The summed E-state index contributed by atoms with van der Waals surface area (Å²) in [4.78, 5) is 11.1. The normalized spacial score (nSPS) is 19.4. The Kier molecular flexibility index (Phi) is 5.08. The van der Waals surface area contributed by atoms with Gasteiger partial charge in [0.2, 0.25) is 0 Å². The molecule has 0 unspecified atom stereocenters. The SMILES string of the molecule is COc1cc(C(=O)O)ccc1C=C(CO)B1OC(C)(C)C(C)(C)O1. The molecule has 1 aromatic carbocycles. The van der Waals surface area contributed by atoms with Crippen molar-refractivity contribution in [2.24, 2.45) is 0 Å². The van der Waals surface area contributed by atoms with Crippen molar-refractivity contribution in [3.05, 3.63) is 34.8 Å². The summed E-state index contributed by atoms with van der Waals surface area (Å²) in [6.45, 7) is 7.49. The van der Waals surface area contributed by atoms with Crippen LogP contribution in [0.1, 0.15) is 43.6 Å². The molecule has 2 N–H and O–H groups in total. The van der Waals surface area contributed by atoms with Crippen LogP contribution in [0, 0.1) is 0 Å². The van der Waals surface area contributed by atoms with Crippen molar-refractivity contribution in [1.82, 2.24) is 0 Å². The molecule has 1 aromatic rings. The monoisotopic (exact) mass is 334 g/mol. The smallest absolute Gasteiger partial charge is 0.492 e. The summed E-state index contributed by atoms with van der Waals surface area (Å²) in [6.07, 6.45) is 1.70. The van der Waals surface area contributed by atoms with E-state index in [2.05, 4.69) is 0 Å². The summed E-state index contributed by atoms with van der Waals surface area (Å²) < 4.78 is 17.1. The third-order valence-corrected chi connectivity index (χ3v) is 4.56. The molecule has 130 valence electrons. The van der Waals surface area contributed by atoms with Crippen LogP contribution in [-0.4, -0.2) is 48.2 Å². The van der Waals surface area contributed by atoms with Gasteiger partial charge in [-0.25, -0.2) is 4.79 Å². The van der Waals surface area contributed by atoms with E-state index < -0.39 is 24.3 Å². The van der Waals surface area contributed by atoms with Gasteiger partial charge < -0.3 is 24.3 Å². The second kappa shape index (κ2) is 6.59. The first-order valence-electron chi connectivity index (χ1n) is 7.69. The molecule has 6 nitrogen and oxygen atoms in total. The number of aliphatic hydroxyl groups excluding tert-OH is 1. The van der Waals surface area contributed by atoms with Crippen molar-refractivity contribution in [2.75, 3.05) is 13.7 Å². The minimum Gasteiger partial charge on any atom is -0.496 e. The Morgan fingerprint density at radius 1 is 1.25 bits per heavy atom. The van der Waals surface area contributed by atoms with Gasteiger partial charge in [0.1, 0.15) is 5.75 Å². The highest BCUT2D eigenvalue weighted by atomic mass is 16.7. The van der Waals surface area contributed by atoms with E-state index in [0.717, 1.165) is 0 Å². The molecule has 1 aliphatic heterocycles. The summed E-state index contributed by atoms with van der Waals surface area (Å²) in [5, 5.41) is 18.8. The van der Waals surface area contributed by atoms with Crippen LogP contribution >= 0.6 is 0 Å². The van der Waals surface area contributed by atoms with Gasteiger partial charge in [0.05, 0.1) is 30.5 Å². The minimum absolute atomic E-state index is 0.130. The maximum Gasteiger partial charge on any atom is 0.492 e. The van der Waals surface area contributed by atoms with Crippen molar-refractivity contribution in [1.29, 1.82) is 0 Å². The van der Waals surface area contributed by atoms with E-state index in [9.17, 15) is 9.90 Å². The van der Waals surface area contributed by atoms with E-state index in [1.54, 1.807) is 12.1 Å². The lowest BCUT2D eigenvalue weighted by Crippen LogP contribution is -2.41. The fourth-order valence-electron chi connectivity index (χ4n) is 2.35. The molecular formula is C17H23BO6. The van der Waals surface area contributed by atoms with Gasteiger partial charge in [-0.15, -0.1) is 0 Å². The minimum atomic E-state index is -1.03. The Hall–Kier alpha value is -1.83. The number of methoxy groups -OCH3 is 1. The van der Waals surface area contributed by atoms with Gasteiger partial charge in [0.25, 0.3) is 0 Å². The van der Waals surface area contributed by atoms with Crippen LogP contribution in [0.3, 0.4) is 0 Å². The van der Waals surface area contributed by atoms with Gasteiger partial charge in [-0.1, -0.05) is 12.1 Å². The van der Waals surface area contributed by atoms with Gasteiger partial charge in [-0.05, 0) is 45.3 Å². The van der Waals surface area contributed by atoms with E-state index in [0.29, 0.717) is 16.8 Å². The maximum atomic E-state index is 11.1. The number of carboxylic acids is 1. The van der Waals surface area contributed by atoms with E-state index in [4.69, 9.17) is 19.2 Å². The third-order valence-electron chi connectivity index (χ3n) is 4.56.